The van der Waals surface area contributed by atoms with Crippen molar-refractivity contribution in [2.75, 3.05) is 27.2 Å². The van der Waals surface area contributed by atoms with Gasteiger partial charge in [-0.1, -0.05) is 0 Å². The number of nitrogens with zero attached hydrogens (tertiary/aromatic N) is 1. The fraction of sp³-hybridized carbons (Fsp3) is 0.917. The Morgan fingerprint density at radius 1 is 1.37 bits per heavy atom. The SMILES string of the molecule is CN(C)CCNC1(C(=O)O)CCC(C(F)(F)F)CC1. The quantitative estimate of drug-likeness (QED) is 0.806. The summed E-state index contributed by atoms with van der Waals surface area (Å²) in [6.45, 7) is 1.10. The van der Waals surface area contributed by atoms with Crippen molar-refractivity contribution in [1.82, 2.24) is 10.2 Å². The van der Waals surface area contributed by atoms with Gasteiger partial charge in [0.05, 0.1) is 5.92 Å². The number of halogens is 3. The first-order valence-corrected chi connectivity index (χ1v) is 6.37. The summed E-state index contributed by atoms with van der Waals surface area (Å²) in [4.78, 5) is 13.2. The number of hydrogen-bond donors (Lipinski definition) is 2. The van der Waals surface area contributed by atoms with Gasteiger partial charge >= 0.3 is 12.1 Å². The van der Waals surface area contributed by atoms with E-state index in [9.17, 15) is 23.1 Å². The number of aliphatic carboxylic acids is 1. The summed E-state index contributed by atoms with van der Waals surface area (Å²) in [6.07, 6.45) is -4.40. The first-order valence-electron chi connectivity index (χ1n) is 6.37. The molecule has 0 saturated heterocycles. The molecule has 0 aromatic carbocycles. The molecule has 4 nitrogen and oxygen atoms in total. The van der Waals surface area contributed by atoms with Crippen LogP contribution in [0.25, 0.3) is 0 Å². The van der Waals surface area contributed by atoms with Gasteiger partial charge in [0.25, 0.3) is 0 Å². The molecule has 7 heteroatoms. The average Bonchev–Trinajstić information content (AvgIpc) is 2.27. The van der Waals surface area contributed by atoms with Gasteiger partial charge in [-0.15, -0.1) is 0 Å². The zero-order valence-electron chi connectivity index (χ0n) is 11.3. The lowest BCUT2D eigenvalue weighted by Crippen LogP contribution is -2.56. The van der Waals surface area contributed by atoms with E-state index in [0.717, 1.165) is 0 Å². The highest BCUT2D eigenvalue weighted by atomic mass is 19.4. The lowest BCUT2D eigenvalue weighted by molar-refractivity contribution is -0.188. The van der Waals surface area contributed by atoms with Gasteiger partial charge in [0.2, 0.25) is 0 Å². The van der Waals surface area contributed by atoms with Crippen LogP contribution < -0.4 is 5.32 Å². The number of rotatable bonds is 5. The highest BCUT2D eigenvalue weighted by Crippen LogP contribution is 2.41. The van der Waals surface area contributed by atoms with Crippen molar-refractivity contribution >= 4 is 5.97 Å². The maximum absolute atomic E-state index is 12.6. The number of hydrogen-bond acceptors (Lipinski definition) is 3. The first kappa shape index (κ1) is 16.2. The Morgan fingerprint density at radius 3 is 2.26 bits per heavy atom. The zero-order chi connectivity index (χ0) is 14.7. The van der Waals surface area contributed by atoms with Crippen LogP contribution in [0.2, 0.25) is 0 Å². The molecule has 0 unspecified atom stereocenters. The van der Waals surface area contributed by atoms with Crippen LogP contribution >= 0.6 is 0 Å². The fourth-order valence-corrected chi connectivity index (χ4v) is 2.42. The lowest BCUT2D eigenvalue weighted by Gasteiger charge is -2.38. The van der Waals surface area contributed by atoms with E-state index in [4.69, 9.17) is 0 Å². The maximum atomic E-state index is 12.6. The Balaban J connectivity index is 2.59. The molecule has 0 atom stereocenters. The van der Waals surface area contributed by atoms with Crippen molar-refractivity contribution in [2.24, 2.45) is 5.92 Å². The van der Waals surface area contributed by atoms with Crippen LogP contribution in [-0.2, 0) is 4.79 Å². The second kappa shape index (κ2) is 6.09. The summed E-state index contributed by atoms with van der Waals surface area (Å²) < 4.78 is 37.7. The number of carboxylic acids is 1. The molecule has 112 valence electrons. The Bertz CT molecular complexity index is 311. The number of carbonyl (C=O) groups is 1. The number of nitrogens with one attached hydrogen (secondary N) is 1. The molecule has 0 aliphatic heterocycles. The summed E-state index contributed by atoms with van der Waals surface area (Å²) in [7, 11) is 3.71. The van der Waals surface area contributed by atoms with E-state index in [0.29, 0.717) is 13.1 Å². The minimum absolute atomic E-state index is 0.0277. The molecule has 0 spiro atoms. The summed E-state index contributed by atoms with van der Waals surface area (Å²) >= 11 is 0. The van der Waals surface area contributed by atoms with Crippen LogP contribution in [0, 0.1) is 5.92 Å². The predicted molar refractivity (Wildman–Crippen MR) is 64.9 cm³/mol. The lowest BCUT2D eigenvalue weighted by atomic mass is 9.76. The van der Waals surface area contributed by atoms with Crippen LogP contribution in [0.15, 0.2) is 0 Å². The molecule has 1 saturated carbocycles. The second-order valence-electron chi connectivity index (χ2n) is 5.43. The summed E-state index contributed by atoms with van der Waals surface area (Å²) in [6, 6.07) is 0. The van der Waals surface area contributed by atoms with E-state index < -0.39 is 23.6 Å². The second-order valence-corrected chi connectivity index (χ2v) is 5.43. The van der Waals surface area contributed by atoms with Crippen molar-refractivity contribution in [2.45, 2.75) is 37.4 Å². The van der Waals surface area contributed by atoms with Gasteiger partial charge in [-0.3, -0.25) is 4.79 Å². The summed E-state index contributed by atoms with van der Waals surface area (Å²) in [5, 5.41) is 12.2. The molecule has 0 aromatic heterocycles. The van der Waals surface area contributed by atoms with Gasteiger partial charge in [0.15, 0.2) is 0 Å². The Hall–Kier alpha value is -0.820. The summed E-state index contributed by atoms with van der Waals surface area (Å²) in [5.74, 6) is -2.41. The van der Waals surface area contributed by atoms with Crippen molar-refractivity contribution in [3.63, 3.8) is 0 Å². The smallest absolute Gasteiger partial charge is 0.391 e. The van der Waals surface area contributed by atoms with Gasteiger partial charge in [-0.05, 0) is 39.8 Å². The molecule has 0 heterocycles. The third-order valence-electron chi connectivity index (χ3n) is 3.73. The fourth-order valence-electron chi connectivity index (χ4n) is 2.42. The van der Waals surface area contributed by atoms with E-state index in [2.05, 4.69) is 5.32 Å². The number of likely N-dealkylation sites (N-methyl/N-ethyl adjacent to an activating group) is 1. The van der Waals surface area contributed by atoms with Crippen molar-refractivity contribution < 1.29 is 23.1 Å². The Morgan fingerprint density at radius 2 is 1.89 bits per heavy atom. The summed E-state index contributed by atoms with van der Waals surface area (Å²) in [5.41, 5.74) is -1.20. The maximum Gasteiger partial charge on any atom is 0.391 e. The van der Waals surface area contributed by atoms with Crippen molar-refractivity contribution in [3.8, 4) is 0 Å². The van der Waals surface area contributed by atoms with Crippen LogP contribution in [-0.4, -0.2) is 54.9 Å². The van der Waals surface area contributed by atoms with Crippen LogP contribution in [0.1, 0.15) is 25.7 Å². The van der Waals surface area contributed by atoms with Crippen molar-refractivity contribution in [3.05, 3.63) is 0 Å². The molecular formula is C12H21F3N2O2. The Labute approximate surface area is 111 Å². The molecule has 0 bridgehead atoms. The van der Waals surface area contributed by atoms with Gasteiger partial charge in [0, 0.05) is 13.1 Å². The monoisotopic (exact) mass is 282 g/mol. The molecular weight excluding hydrogens is 261 g/mol. The topological polar surface area (TPSA) is 52.6 Å². The molecule has 0 amide bonds. The highest BCUT2D eigenvalue weighted by molar-refractivity contribution is 5.78. The van der Waals surface area contributed by atoms with Crippen LogP contribution in [0.4, 0.5) is 13.2 Å². The molecule has 0 radical (unpaired) electrons. The van der Waals surface area contributed by atoms with Crippen LogP contribution in [0.5, 0.6) is 0 Å². The van der Waals surface area contributed by atoms with Gasteiger partial charge in [0.1, 0.15) is 5.54 Å². The van der Waals surface area contributed by atoms with Gasteiger partial charge < -0.3 is 15.3 Å². The molecule has 19 heavy (non-hydrogen) atoms. The average molecular weight is 282 g/mol. The molecule has 1 aliphatic carbocycles. The molecule has 1 aliphatic rings. The van der Waals surface area contributed by atoms with Crippen molar-refractivity contribution in [1.29, 1.82) is 0 Å². The third-order valence-corrected chi connectivity index (χ3v) is 3.73. The van der Waals surface area contributed by atoms with E-state index in [1.807, 2.05) is 19.0 Å². The van der Waals surface area contributed by atoms with E-state index in [1.54, 1.807) is 0 Å². The highest BCUT2D eigenvalue weighted by Gasteiger charge is 2.48. The van der Waals surface area contributed by atoms with E-state index >= 15 is 0 Å². The zero-order valence-corrected chi connectivity index (χ0v) is 11.3. The number of alkyl halides is 3. The van der Waals surface area contributed by atoms with E-state index in [-0.39, 0.29) is 25.7 Å². The molecule has 1 fully saturated rings. The Kier molecular flexibility index (Phi) is 5.20. The standard InChI is InChI=1S/C12H21F3N2O2/c1-17(2)8-7-16-11(10(18)19)5-3-9(4-6-11)12(13,14)15/h9,16H,3-8H2,1-2H3,(H,18,19). The molecule has 2 N–H and O–H groups in total. The predicted octanol–water partition coefficient (Wildman–Crippen LogP) is 1.71. The minimum Gasteiger partial charge on any atom is -0.480 e. The van der Waals surface area contributed by atoms with Gasteiger partial charge in [-0.25, -0.2) is 0 Å². The molecule has 1 rings (SSSR count). The van der Waals surface area contributed by atoms with Crippen LogP contribution in [0.3, 0.4) is 0 Å². The normalized spacial score (nSPS) is 28.6. The number of carboxylic acid groups (broad SMARTS) is 1. The van der Waals surface area contributed by atoms with Gasteiger partial charge in [-0.2, -0.15) is 13.2 Å². The largest absolute Gasteiger partial charge is 0.480 e. The third kappa shape index (κ3) is 4.35. The first-order chi connectivity index (χ1) is 8.67. The minimum atomic E-state index is -4.21. The van der Waals surface area contributed by atoms with E-state index in [1.165, 1.54) is 0 Å². The molecule has 0 aromatic rings.